The smallest absolute Gasteiger partial charge is 0.294 e. The number of benzene rings is 1. The van der Waals surface area contributed by atoms with Crippen LogP contribution in [0.4, 0.5) is 11.4 Å². The number of halogens is 1. The maximum Gasteiger partial charge on any atom is 0.294 e. The van der Waals surface area contributed by atoms with Gasteiger partial charge >= 0.3 is 0 Å². The van der Waals surface area contributed by atoms with Crippen LogP contribution >= 0.6 is 11.6 Å². The van der Waals surface area contributed by atoms with Gasteiger partial charge in [0.15, 0.2) is 0 Å². The van der Waals surface area contributed by atoms with Crippen molar-refractivity contribution in [1.29, 1.82) is 0 Å². The van der Waals surface area contributed by atoms with E-state index in [2.05, 4.69) is 5.32 Å². The second kappa shape index (κ2) is 4.14. The monoisotopic (exact) mass is 229 g/mol. The maximum atomic E-state index is 10.8. The van der Waals surface area contributed by atoms with Crippen molar-refractivity contribution in [1.82, 2.24) is 0 Å². The summed E-state index contributed by atoms with van der Waals surface area (Å²) < 4.78 is 0. The first-order chi connectivity index (χ1) is 6.97. The third-order valence-electron chi connectivity index (χ3n) is 1.80. The standard InChI is InChI=1S/C8H8ClN3O3/c1-11-7-5(9)2-4(8(10)13)3-6(7)12(14)15/h2-3,11H,1H3,(H2,10,13). The molecule has 0 spiro atoms. The van der Waals surface area contributed by atoms with Gasteiger partial charge in [0.25, 0.3) is 5.69 Å². The third kappa shape index (κ3) is 2.16. The number of carbonyl (C=O) groups is 1. The lowest BCUT2D eigenvalue weighted by atomic mass is 10.1. The van der Waals surface area contributed by atoms with Crippen molar-refractivity contribution in [3.05, 3.63) is 32.8 Å². The quantitative estimate of drug-likeness (QED) is 0.604. The number of nitrogens with one attached hydrogen (secondary N) is 1. The molecule has 1 rings (SSSR count). The number of anilines is 1. The van der Waals surface area contributed by atoms with E-state index in [1.54, 1.807) is 0 Å². The van der Waals surface area contributed by atoms with Crippen LogP contribution in [0.5, 0.6) is 0 Å². The number of primary amides is 1. The van der Waals surface area contributed by atoms with Gasteiger partial charge in [0.05, 0.1) is 9.95 Å². The second-order valence-corrected chi connectivity index (χ2v) is 3.13. The van der Waals surface area contributed by atoms with Gasteiger partial charge in [-0.15, -0.1) is 0 Å². The first-order valence-corrected chi connectivity index (χ1v) is 4.30. The van der Waals surface area contributed by atoms with Crippen LogP contribution in [0.15, 0.2) is 12.1 Å². The Bertz CT molecular complexity index is 433. The number of carbonyl (C=O) groups excluding carboxylic acids is 1. The van der Waals surface area contributed by atoms with Gasteiger partial charge in [0.2, 0.25) is 5.91 Å². The van der Waals surface area contributed by atoms with E-state index >= 15 is 0 Å². The van der Waals surface area contributed by atoms with E-state index in [-0.39, 0.29) is 22.0 Å². The predicted octanol–water partition coefficient (Wildman–Crippen LogP) is 1.39. The summed E-state index contributed by atoms with van der Waals surface area (Å²) in [5.41, 5.74) is 4.89. The summed E-state index contributed by atoms with van der Waals surface area (Å²) >= 11 is 5.75. The number of hydrogen-bond acceptors (Lipinski definition) is 4. The van der Waals surface area contributed by atoms with Crippen LogP contribution in [0.25, 0.3) is 0 Å². The number of nitrogens with zero attached hydrogens (tertiary/aromatic N) is 1. The molecular weight excluding hydrogens is 222 g/mol. The van der Waals surface area contributed by atoms with E-state index in [0.29, 0.717) is 0 Å². The Hall–Kier alpha value is -1.82. The molecule has 1 amide bonds. The largest absolute Gasteiger partial charge is 0.381 e. The van der Waals surface area contributed by atoms with Crippen molar-refractivity contribution in [3.63, 3.8) is 0 Å². The number of rotatable bonds is 3. The number of nitro groups is 1. The molecule has 0 aromatic heterocycles. The molecule has 3 N–H and O–H groups in total. The molecular formula is C8H8ClN3O3. The summed E-state index contributed by atoms with van der Waals surface area (Å²) in [5, 5.41) is 13.3. The van der Waals surface area contributed by atoms with Crippen molar-refractivity contribution >= 4 is 28.9 Å². The number of nitro benzene ring substituents is 1. The van der Waals surface area contributed by atoms with Gasteiger partial charge in [0, 0.05) is 18.7 Å². The van der Waals surface area contributed by atoms with Crippen LogP contribution in [-0.4, -0.2) is 17.9 Å². The van der Waals surface area contributed by atoms with E-state index in [9.17, 15) is 14.9 Å². The molecule has 0 aliphatic carbocycles. The van der Waals surface area contributed by atoms with Crippen LogP contribution in [0.3, 0.4) is 0 Å². The molecule has 0 saturated carbocycles. The van der Waals surface area contributed by atoms with Gasteiger partial charge in [-0.3, -0.25) is 14.9 Å². The molecule has 15 heavy (non-hydrogen) atoms. The van der Waals surface area contributed by atoms with Crippen molar-refractivity contribution in [3.8, 4) is 0 Å². The minimum Gasteiger partial charge on any atom is -0.381 e. The Kier molecular flexibility index (Phi) is 3.11. The third-order valence-corrected chi connectivity index (χ3v) is 2.10. The molecule has 0 fully saturated rings. The molecule has 1 aromatic rings. The van der Waals surface area contributed by atoms with Gasteiger partial charge < -0.3 is 11.1 Å². The van der Waals surface area contributed by atoms with Gasteiger partial charge in [0.1, 0.15) is 5.69 Å². The SMILES string of the molecule is CNc1c(Cl)cc(C(N)=O)cc1[N+](=O)[O-]. The number of amides is 1. The minimum atomic E-state index is -0.761. The second-order valence-electron chi connectivity index (χ2n) is 2.72. The normalized spacial score (nSPS) is 9.73. The van der Waals surface area contributed by atoms with E-state index in [1.807, 2.05) is 0 Å². The maximum absolute atomic E-state index is 10.8. The van der Waals surface area contributed by atoms with Crippen LogP contribution < -0.4 is 11.1 Å². The van der Waals surface area contributed by atoms with Crippen molar-refractivity contribution in [2.45, 2.75) is 0 Å². The number of nitrogens with two attached hydrogens (primary N) is 1. The van der Waals surface area contributed by atoms with Crippen molar-refractivity contribution in [2.24, 2.45) is 5.73 Å². The van der Waals surface area contributed by atoms with Crippen molar-refractivity contribution in [2.75, 3.05) is 12.4 Å². The van der Waals surface area contributed by atoms with Crippen LogP contribution in [0, 0.1) is 10.1 Å². The average Bonchev–Trinajstić information content (AvgIpc) is 2.16. The van der Waals surface area contributed by atoms with Crippen LogP contribution in [-0.2, 0) is 0 Å². The predicted molar refractivity (Wildman–Crippen MR) is 56.2 cm³/mol. The summed E-state index contributed by atoms with van der Waals surface area (Å²) in [6.07, 6.45) is 0. The van der Waals surface area contributed by atoms with Crippen LogP contribution in [0.1, 0.15) is 10.4 Å². The lowest BCUT2D eigenvalue weighted by Gasteiger charge is -2.05. The zero-order valence-corrected chi connectivity index (χ0v) is 8.54. The molecule has 0 saturated heterocycles. The van der Waals surface area contributed by atoms with Crippen molar-refractivity contribution < 1.29 is 9.72 Å². The lowest BCUT2D eigenvalue weighted by Crippen LogP contribution is -2.12. The molecule has 0 radical (unpaired) electrons. The number of hydrogen-bond donors (Lipinski definition) is 2. The molecule has 0 atom stereocenters. The molecule has 6 nitrogen and oxygen atoms in total. The highest BCUT2D eigenvalue weighted by atomic mass is 35.5. The topological polar surface area (TPSA) is 98.3 Å². The molecule has 0 aliphatic rings. The molecule has 0 bridgehead atoms. The lowest BCUT2D eigenvalue weighted by molar-refractivity contribution is -0.383. The summed E-state index contributed by atoms with van der Waals surface area (Å²) in [7, 11) is 1.50. The Labute approximate surface area is 90.2 Å². The Morgan fingerprint density at radius 3 is 2.60 bits per heavy atom. The molecule has 0 unspecified atom stereocenters. The Balaban J connectivity index is 3.45. The first kappa shape index (κ1) is 11.3. The van der Waals surface area contributed by atoms with Gasteiger partial charge in [-0.2, -0.15) is 0 Å². The molecule has 80 valence electrons. The van der Waals surface area contributed by atoms with Gasteiger partial charge in [-0.1, -0.05) is 11.6 Å². The Morgan fingerprint density at radius 1 is 1.60 bits per heavy atom. The summed E-state index contributed by atoms with van der Waals surface area (Å²) in [6.45, 7) is 0. The molecule has 0 aliphatic heterocycles. The average molecular weight is 230 g/mol. The van der Waals surface area contributed by atoms with E-state index in [4.69, 9.17) is 17.3 Å². The fourth-order valence-corrected chi connectivity index (χ4v) is 1.43. The molecule has 0 heterocycles. The minimum absolute atomic E-state index is 0.00528. The molecule has 1 aromatic carbocycles. The zero-order chi connectivity index (χ0) is 11.6. The highest BCUT2D eigenvalue weighted by Crippen LogP contribution is 2.33. The summed E-state index contributed by atoms with van der Waals surface area (Å²) in [6, 6.07) is 2.36. The van der Waals surface area contributed by atoms with E-state index in [0.717, 1.165) is 6.07 Å². The summed E-state index contributed by atoms with van der Waals surface area (Å²) in [5.74, 6) is -0.761. The fourth-order valence-electron chi connectivity index (χ4n) is 1.13. The highest BCUT2D eigenvalue weighted by molar-refractivity contribution is 6.34. The zero-order valence-electron chi connectivity index (χ0n) is 7.78. The summed E-state index contributed by atoms with van der Waals surface area (Å²) in [4.78, 5) is 20.9. The highest BCUT2D eigenvalue weighted by Gasteiger charge is 2.19. The first-order valence-electron chi connectivity index (χ1n) is 3.93. The fraction of sp³-hybridized carbons (Fsp3) is 0.125. The van der Waals surface area contributed by atoms with E-state index in [1.165, 1.54) is 13.1 Å². The van der Waals surface area contributed by atoms with E-state index < -0.39 is 10.8 Å². The van der Waals surface area contributed by atoms with Gasteiger partial charge in [-0.25, -0.2) is 0 Å². The molecule has 7 heteroatoms. The Morgan fingerprint density at radius 2 is 2.20 bits per heavy atom. The van der Waals surface area contributed by atoms with Crippen LogP contribution in [0.2, 0.25) is 5.02 Å². The van der Waals surface area contributed by atoms with Gasteiger partial charge in [-0.05, 0) is 6.07 Å².